The van der Waals surface area contributed by atoms with Crippen LogP contribution in [-0.2, 0) is 0 Å². The molecule has 22 heavy (non-hydrogen) atoms. The van der Waals surface area contributed by atoms with E-state index in [1.807, 2.05) is 7.05 Å². The Hall–Kier alpha value is -2.22. The predicted octanol–water partition coefficient (Wildman–Crippen LogP) is 5.88. The zero-order valence-electron chi connectivity index (χ0n) is 14.3. The van der Waals surface area contributed by atoms with Crippen molar-refractivity contribution in [2.75, 3.05) is 17.3 Å². The van der Waals surface area contributed by atoms with Crippen LogP contribution in [0.25, 0.3) is 0 Å². The fraction of sp³-hybridized carbons (Fsp3) is 0.300. The number of para-hydroxylation sites is 1. The number of nitrogens with zero attached hydrogens (tertiary/aromatic N) is 1. The Morgan fingerprint density at radius 2 is 1.73 bits per heavy atom. The number of allylic oxidation sites excluding steroid dienone is 2. The maximum Gasteiger partial charge on any atom is 0.0488 e. The van der Waals surface area contributed by atoms with Gasteiger partial charge < -0.3 is 10.2 Å². The van der Waals surface area contributed by atoms with Crippen molar-refractivity contribution in [2.45, 2.75) is 34.1 Å². The Labute approximate surface area is 134 Å². The van der Waals surface area contributed by atoms with Gasteiger partial charge in [0, 0.05) is 29.8 Å². The van der Waals surface area contributed by atoms with E-state index in [-0.39, 0.29) is 0 Å². The largest absolute Gasteiger partial charge is 0.388 e. The molecule has 1 N–H and O–H groups in total. The van der Waals surface area contributed by atoms with Crippen LogP contribution in [-0.4, -0.2) is 7.05 Å². The molecule has 0 aliphatic heterocycles. The van der Waals surface area contributed by atoms with Crippen molar-refractivity contribution in [3.8, 4) is 0 Å². The monoisotopic (exact) mass is 294 g/mol. The second-order valence-electron chi connectivity index (χ2n) is 5.64. The molecule has 0 amide bonds. The zero-order valence-corrected chi connectivity index (χ0v) is 14.3. The molecule has 0 spiro atoms. The molecule has 0 saturated carbocycles. The Bertz CT molecular complexity index is 657. The lowest BCUT2D eigenvalue weighted by atomic mass is 10.1. The molecule has 116 valence electrons. The van der Waals surface area contributed by atoms with Crippen molar-refractivity contribution in [1.82, 2.24) is 0 Å². The molecule has 2 rings (SSSR count). The van der Waals surface area contributed by atoms with Gasteiger partial charge in [-0.15, -0.1) is 0 Å². The van der Waals surface area contributed by atoms with Gasteiger partial charge in [-0.25, -0.2) is 0 Å². The predicted molar refractivity (Wildman–Crippen MR) is 98.0 cm³/mol. The number of aryl methyl sites for hydroxylation is 1. The second-order valence-corrected chi connectivity index (χ2v) is 5.64. The standard InChI is InChI=1S/C20H26N2/c1-6-15(2)17(4)22(19-10-8-7-9-11-19)20-13-12-18(21-5)14-16(20)3/h7-14,21H,6H2,1-5H3/b17-15+. The van der Waals surface area contributed by atoms with Gasteiger partial charge in [-0.1, -0.05) is 30.7 Å². The minimum absolute atomic E-state index is 1.06. The third kappa shape index (κ3) is 3.33. The van der Waals surface area contributed by atoms with Crippen LogP contribution in [0, 0.1) is 6.92 Å². The van der Waals surface area contributed by atoms with E-state index in [1.165, 1.54) is 28.2 Å². The Morgan fingerprint density at radius 1 is 1.05 bits per heavy atom. The Morgan fingerprint density at radius 3 is 2.27 bits per heavy atom. The minimum atomic E-state index is 1.06. The van der Waals surface area contributed by atoms with Crippen LogP contribution in [0.1, 0.15) is 32.8 Å². The number of hydrogen-bond acceptors (Lipinski definition) is 2. The van der Waals surface area contributed by atoms with Gasteiger partial charge in [0.2, 0.25) is 0 Å². The van der Waals surface area contributed by atoms with Crippen LogP contribution >= 0.6 is 0 Å². The van der Waals surface area contributed by atoms with Crippen molar-refractivity contribution in [3.63, 3.8) is 0 Å². The van der Waals surface area contributed by atoms with Gasteiger partial charge in [0.15, 0.2) is 0 Å². The molecule has 2 aromatic rings. The molecule has 0 aliphatic carbocycles. The highest BCUT2D eigenvalue weighted by Gasteiger charge is 2.15. The SMILES string of the molecule is CC/C(C)=C(\C)N(c1ccccc1)c1ccc(NC)cc1C. The lowest BCUT2D eigenvalue weighted by molar-refractivity contribution is 1.01. The van der Waals surface area contributed by atoms with E-state index in [0.29, 0.717) is 0 Å². The van der Waals surface area contributed by atoms with Gasteiger partial charge in [-0.05, 0) is 63.1 Å². The first-order valence-corrected chi connectivity index (χ1v) is 7.88. The van der Waals surface area contributed by atoms with E-state index in [4.69, 9.17) is 0 Å². The maximum atomic E-state index is 3.21. The third-order valence-corrected chi connectivity index (χ3v) is 4.22. The highest BCUT2D eigenvalue weighted by molar-refractivity contribution is 5.73. The van der Waals surface area contributed by atoms with Crippen molar-refractivity contribution >= 4 is 17.1 Å². The van der Waals surface area contributed by atoms with Crippen LogP contribution in [0.15, 0.2) is 59.8 Å². The lowest BCUT2D eigenvalue weighted by Crippen LogP contribution is -2.17. The first-order valence-electron chi connectivity index (χ1n) is 7.88. The van der Waals surface area contributed by atoms with Gasteiger partial charge in [-0.2, -0.15) is 0 Å². The molecule has 0 aromatic heterocycles. The first-order chi connectivity index (χ1) is 10.6. The molecular weight excluding hydrogens is 268 g/mol. The van der Waals surface area contributed by atoms with E-state index < -0.39 is 0 Å². The van der Waals surface area contributed by atoms with Crippen LogP contribution in [0.4, 0.5) is 17.1 Å². The normalized spacial score (nSPS) is 11.9. The third-order valence-electron chi connectivity index (χ3n) is 4.22. The van der Waals surface area contributed by atoms with Gasteiger partial charge in [-0.3, -0.25) is 0 Å². The molecule has 0 saturated heterocycles. The van der Waals surface area contributed by atoms with E-state index in [2.05, 4.69) is 86.4 Å². The minimum Gasteiger partial charge on any atom is -0.388 e. The summed E-state index contributed by atoms with van der Waals surface area (Å²) < 4.78 is 0. The summed E-state index contributed by atoms with van der Waals surface area (Å²) in [5.74, 6) is 0. The van der Waals surface area contributed by atoms with Crippen molar-refractivity contribution in [1.29, 1.82) is 0 Å². The fourth-order valence-electron chi connectivity index (χ4n) is 2.60. The molecule has 0 heterocycles. The van der Waals surface area contributed by atoms with Crippen molar-refractivity contribution in [2.24, 2.45) is 0 Å². The number of nitrogens with one attached hydrogen (secondary N) is 1. The van der Waals surface area contributed by atoms with Crippen LogP contribution in [0.3, 0.4) is 0 Å². The lowest BCUT2D eigenvalue weighted by Gasteiger charge is -2.29. The second kappa shape index (κ2) is 7.17. The molecule has 0 aliphatic rings. The average Bonchev–Trinajstić information content (AvgIpc) is 2.56. The smallest absolute Gasteiger partial charge is 0.0488 e. The maximum absolute atomic E-state index is 3.21. The summed E-state index contributed by atoms with van der Waals surface area (Å²) in [5, 5.41) is 3.21. The van der Waals surface area contributed by atoms with Gasteiger partial charge >= 0.3 is 0 Å². The van der Waals surface area contributed by atoms with Gasteiger partial charge in [0.25, 0.3) is 0 Å². The van der Waals surface area contributed by atoms with Gasteiger partial charge in [0.1, 0.15) is 0 Å². The van der Waals surface area contributed by atoms with E-state index >= 15 is 0 Å². The summed E-state index contributed by atoms with van der Waals surface area (Å²) in [6.45, 7) is 8.79. The summed E-state index contributed by atoms with van der Waals surface area (Å²) in [7, 11) is 1.95. The molecule has 0 atom stereocenters. The molecule has 2 aromatic carbocycles. The number of anilines is 3. The Kier molecular flexibility index (Phi) is 5.26. The van der Waals surface area contributed by atoms with Crippen LogP contribution < -0.4 is 10.2 Å². The summed E-state index contributed by atoms with van der Waals surface area (Å²) in [4.78, 5) is 2.35. The number of benzene rings is 2. The van der Waals surface area contributed by atoms with Crippen LogP contribution in [0.2, 0.25) is 0 Å². The molecular formula is C20H26N2. The number of hydrogen-bond donors (Lipinski definition) is 1. The molecule has 0 fully saturated rings. The van der Waals surface area contributed by atoms with Gasteiger partial charge in [0.05, 0.1) is 0 Å². The quantitative estimate of drug-likeness (QED) is 0.741. The summed E-state index contributed by atoms with van der Waals surface area (Å²) in [6, 6.07) is 17.1. The summed E-state index contributed by atoms with van der Waals surface area (Å²) in [5.41, 5.74) is 7.54. The van der Waals surface area contributed by atoms with E-state index in [9.17, 15) is 0 Å². The summed E-state index contributed by atoms with van der Waals surface area (Å²) >= 11 is 0. The molecule has 2 heteroatoms. The Balaban J connectivity index is 2.59. The molecule has 0 bridgehead atoms. The average molecular weight is 294 g/mol. The van der Waals surface area contributed by atoms with E-state index in [1.54, 1.807) is 0 Å². The fourth-order valence-corrected chi connectivity index (χ4v) is 2.60. The molecule has 0 radical (unpaired) electrons. The van der Waals surface area contributed by atoms with Crippen LogP contribution in [0.5, 0.6) is 0 Å². The molecule has 2 nitrogen and oxygen atoms in total. The highest BCUT2D eigenvalue weighted by Crippen LogP contribution is 2.34. The van der Waals surface area contributed by atoms with Crippen molar-refractivity contribution < 1.29 is 0 Å². The summed E-state index contributed by atoms with van der Waals surface area (Å²) in [6.07, 6.45) is 1.06. The van der Waals surface area contributed by atoms with E-state index in [0.717, 1.165) is 12.1 Å². The highest BCUT2D eigenvalue weighted by atomic mass is 15.1. The zero-order chi connectivity index (χ0) is 16.1. The first kappa shape index (κ1) is 16.2. The molecule has 0 unspecified atom stereocenters. The van der Waals surface area contributed by atoms with Crippen molar-refractivity contribution in [3.05, 3.63) is 65.4 Å². The number of rotatable bonds is 5. The topological polar surface area (TPSA) is 15.3 Å².